The van der Waals surface area contributed by atoms with Crippen LogP contribution in [0.4, 0.5) is 5.82 Å². The number of sulfonamides is 1. The number of aromatic nitrogens is 1. The first-order valence-corrected chi connectivity index (χ1v) is 7.19. The second-order valence-electron chi connectivity index (χ2n) is 4.03. The summed E-state index contributed by atoms with van der Waals surface area (Å²) in [4.78, 5) is 10.5. The Kier molecular flexibility index (Phi) is 4.04. The van der Waals surface area contributed by atoms with Crippen molar-refractivity contribution in [2.24, 2.45) is 0 Å². The zero-order chi connectivity index (χ0) is 14.6. The number of hydrogen-bond donors (Lipinski definition) is 2. The van der Waals surface area contributed by atoms with E-state index in [1.165, 1.54) is 24.5 Å². The van der Waals surface area contributed by atoms with Crippen molar-refractivity contribution < 1.29 is 22.8 Å². The topological polar surface area (TPSA) is 110 Å². The van der Waals surface area contributed by atoms with Crippen LogP contribution in [0.1, 0.15) is 12.0 Å². The molecule has 1 aromatic carbocycles. The zero-order valence-corrected chi connectivity index (χ0v) is 11.1. The highest BCUT2D eigenvalue weighted by molar-refractivity contribution is 7.92. The van der Waals surface area contributed by atoms with E-state index in [2.05, 4.69) is 14.4 Å². The summed E-state index contributed by atoms with van der Waals surface area (Å²) >= 11 is 0. The normalized spacial score (nSPS) is 11.2. The van der Waals surface area contributed by atoms with Crippen LogP contribution in [0.2, 0.25) is 0 Å². The summed E-state index contributed by atoms with van der Waals surface area (Å²) in [6.07, 6.45) is 1.61. The molecule has 0 radical (unpaired) electrons. The Morgan fingerprint density at radius 1 is 1.25 bits per heavy atom. The molecule has 7 nitrogen and oxygen atoms in total. The Balaban J connectivity index is 2.10. The maximum Gasteiger partial charge on any atom is 0.303 e. The molecule has 0 spiro atoms. The maximum absolute atomic E-state index is 12.0. The molecule has 0 aliphatic heterocycles. The quantitative estimate of drug-likeness (QED) is 0.835. The van der Waals surface area contributed by atoms with Crippen molar-refractivity contribution in [3.05, 3.63) is 42.2 Å². The number of carbonyl (C=O) groups is 1. The molecule has 1 heterocycles. The summed E-state index contributed by atoms with van der Waals surface area (Å²) in [5, 5.41) is 12.0. The van der Waals surface area contributed by atoms with Crippen molar-refractivity contribution in [1.82, 2.24) is 5.16 Å². The fourth-order valence-electron chi connectivity index (χ4n) is 1.55. The Hall–Kier alpha value is -2.35. The van der Waals surface area contributed by atoms with Crippen LogP contribution in [-0.4, -0.2) is 24.7 Å². The summed E-state index contributed by atoms with van der Waals surface area (Å²) in [6.45, 7) is 0. The van der Waals surface area contributed by atoms with E-state index >= 15 is 0 Å². The van der Waals surface area contributed by atoms with E-state index in [1.54, 1.807) is 12.1 Å². The molecule has 0 amide bonds. The van der Waals surface area contributed by atoms with Gasteiger partial charge in [0, 0.05) is 12.5 Å². The van der Waals surface area contributed by atoms with E-state index in [4.69, 9.17) is 5.11 Å². The number of carboxylic acids is 1. The molecule has 2 rings (SSSR count). The molecule has 8 heteroatoms. The van der Waals surface area contributed by atoms with Crippen molar-refractivity contribution in [1.29, 1.82) is 0 Å². The smallest absolute Gasteiger partial charge is 0.303 e. The van der Waals surface area contributed by atoms with E-state index in [-0.39, 0.29) is 17.1 Å². The standard InChI is InChI=1S/C12H12N2O5S/c15-12(16)6-3-9-1-4-10(5-2-9)20(17,18)14-11-7-8-19-13-11/h1-2,4-5,7-8H,3,6H2,(H,13,14)(H,15,16). The van der Waals surface area contributed by atoms with Gasteiger partial charge in [0.25, 0.3) is 10.0 Å². The van der Waals surface area contributed by atoms with E-state index < -0.39 is 16.0 Å². The molecule has 0 fully saturated rings. The van der Waals surface area contributed by atoms with Gasteiger partial charge in [-0.25, -0.2) is 8.42 Å². The first kappa shape index (κ1) is 14.1. The lowest BCUT2D eigenvalue weighted by Crippen LogP contribution is -2.13. The molecule has 0 bridgehead atoms. The van der Waals surface area contributed by atoms with Crippen LogP contribution in [-0.2, 0) is 21.2 Å². The van der Waals surface area contributed by atoms with Crippen molar-refractivity contribution in [2.45, 2.75) is 17.7 Å². The van der Waals surface area contributed by atoms with Gasteiger partial charge in [-0.1, -0.05) is 17.3 Å². The number of aryl methyl sites for hydroxylation is 1. The van der Waals surface area contributed by atoms with Gasteiger partial charge >= 0.3 is 5.97 Å². The predicted molar refractivity (Wildman–Crippen MR) is 69.7 cm³/mol. The number of anilines is 1. The van der Waals surface area contributed by atoms with Gasteiger partial charge < -0.3 is 9.63 Å². The minimum atomic E-state index is -3.72. The lowest BCUT2D eigenvalue weighted by Gasteiger charge is -2.05. The van der Waals surface area contributed by atoms with E-state index in [0.717, 1.165) is 5.56 Å². The molecule has 2 aromatic rings. The summed E-state index contributed by atoms with van der Waals surface area (Å²) in [5.74, 6) is -0.797. The molecule has 0 saturated heterocycles. The summed E-state index contributed by atoms with van der Waals surface area (Å²) in [7, 11) is -3.72. The first-order chi connectivity index (χ1) is 9.47. The number of carboxylic acid groups (broad SMARTS) is 1. The summed E-state index contributed by atoms with van der Waals surface area (Å²) in [6, 6.07) is 7.39. The molecule has 2 N–H and O–H groups in total. The van der Waals surface area contributed by atoms with Crippen LogP contribution in [0.15, 0.2) is 46.0 Å². The van der Waals surface area contributed by atoms with Crippen LogP contribution < -0.4 is 4.72 Å². The molecule has 1 aromatic heterocycles. The average molecular weight is 296 g/mol. The van der Waals surface area contributed by atoms with Crippen LogP contribution in [0.3, 0.4) is 0 Å². The lowest BCUT2D eigenvalue weighted by molar-refractivity contribution is -0.136. The van der Waals surface area contributed by atoms with Crippen molar-refractivity contribution in [3.8, 4) is 0 Å². The van der Waals surface area contributed by atoms with Gasteiger partial charge in [-0.15, -0.1) is 0 Å². The van der Waals surface area contributed by atoms with E-state index in [1.807, 2.05) is 0 Å². The van der Waals surface area contributed by atoms with Gasteiger partial charge in [0.2, 0.25) is 0 Å². The summed E-state index contributed by atoms with van der Waals surface area (Å²) < 4.78 is 30.8. The van der Waals surface area contributed by atoms with Gasteiger partial charge in [0.05, 0.1) is 4.90 Å². The van der Waals surface area contributed by atoms with Crippen molar-refractivity contribution in [3.63, 3.8) is 0 Å². The molecule has 0 atom stereocenters. The third-order valence-electron chi connectivity index (χ3n) is 2.54. The Morgan fingerprint density at radius 2 is 1.95 bits per heavy atom. The van der Waals surface area contributed by atoms with Crippen LogP contribution in [0, 0.1) is 0 Å². The van der Waals surface area contributed by atoms with Crippen LogP contribution in [0.5, 0.6) is 0 Å². The number of nitrogens with one attached hydrogen (secondary N) is 1. The third kappa shape index (κ3) is 3.58. The highest BCUT2D eigenvalue weighted by Gasteiger charge is 2.15. The highest BCUT2D eigenvalue weighted by atomic mass is 32.2. The fourth-order valence-corrected chi connectivity index (χ4v) is 2.54. The highest BCUT2D eigenvalue weighted by Crippen LogP contribution is 2.15. The van der Waals surface area contributed by atoms with Crippen molar-refractivity contribution >= 4 is 21.8 Å². The minimum absolute atomic E-state index is 0.00326. The van der Waals surface area contributed by atoms with Crippen LogP contribution in [0.25, 0.3) is 0 Å². The Bertz CT molecular complexity index is 677. The molecular weight excluding hydrogens is 284 g/mol. The number of hydrogen-bond acceptors (Lipinski definition) is 5. The SMILES string of the molecule is O=C(O)CCc1ccc(S(=O)(=O)Nc2ccon2)cc1. The first-order valence-electron chi connectivity index (χ1n) is 5.71. The second kappa shape index (κ2) is 5.74. The Morgan fingerprint density at radius 3 is 2.50 bits per heavy atom. The number of nitrogens with zero attached hydrogens (tertiary/aromatic N) is 1. The molecule has 0 aliphatic carbocycles. The Labute approximate surface area is 115 Å². The number of aliphatic carboxylic acids is 1. The third-order valence-corrected chi connectivity index (χ3v) is 3.91. The molecule has 106 valence electrons. The van der Waals surface area contributed by atoms with Crippen molar-refractivity contribution in [2.75, 3.05) is 4.72 Å². The maximum atomic E-state index is 12.0. The molecule has 0 aliphatic rings. The second-order valence-corrected chi connectivity index (χ2v) is 5.71. The predicted octanol–water partition coefficient (Wildman–Crippen LogP) is 1.49. The van der Waals surface area contributed by atoms with Crippen LogP contribution >= 0.6 is 0 Å². The molecule has 20 heavy (non-hydrogen) atoms. The molecule has 0 unspecified atom stereocenters. The average Bonchev–Trinajstić information content (AvgIpc) is 2.89. The zero-order valence-electron chi connectivity index (χ0n) is 10.3. The summed E-state index contributed by atoms with van der Waals surface area (Å²) in [5.41, 5.74) is 0.757. The minimum Gasteiger partial charge on any atom is -0.481 e. The van der Waals surface area contributed by atoms with Gasteiger partial charge in [-0.2, -0.15) is 0 Å². The number of rotatable bonds is 6. The monoisotopic (exact) mass is 296 g/mol. The molecule has 0 saturated carbocycles. The van der Waals surface area contributed by atoms with Gasteiger partial charge in [0.15, 0.2) is 5.82 Å². The van der Waals surface area contributed by atoms with Gasteiger partial charge in [-0.3, -0.25) is 9.52 Å². The lowest BCUT2D eigenvalue weighted by atomic mass is 10.1. The molecular formula is C12H12N2O5S. The van der Waals surface area contributed by atoms with Gasteiger partial charge in [-0.05, 0) is 24.1 Å². The van der Waals surface area contributed by atoms with E-state index in [0.29, 0.717) is 6.42 Å². The largest absolute Gasteiger partial charge is 0.481 e. The fraction of sp³-hybridized carbons (Fsp3) is 0.167. The number of benzene rings is 1. The van der Waals surface area contributed by atoms with Gasteiger partial charge in [0.1, 0.15) is 6.26 Å². The van der Waals surface area contributed by atoms with E-state index in [9.17, 15) is 13.2 Å².